The summed E-state index contributed by atoms with van der Waals surface area (Å²) < 4.78 is 26.3. The average Bonchev–Trinajstić information content (AvgIpc) is 2.76. The highest BCUT2D eigenvalue weighted by Crippen LogP contribution is 2.27. The van der Waals surface area contributed by atoms with Gasteiger partial charge in [0.25, 0.3) is 0 Å². The standard InChI is InChI=1S/C26H36ClN3O4S/c1-18(2)28-26(32)21(5)29(17-22-12-9-19(3)10-13-22)25(31)8-7-15-30(35(6,33)34)24-16-23(27)14-11-20(24)4/h9-14,16,18,21H,7-8,15,17H2,1-6H3,(H,28,32). The molecule has 0 spiro atoms. The van der Waals surface area contributed by atoms with Gasteiger partial charge in [0.05, 0.1) is 11.9 Å². The summed E-state index contributed by atoms with van der Waals surface area (Å²) in [5.74, 6) is -0.443. The molecule has 7 nitrogen and oxygen atoms in total. The maximum absolute atomic E-state index is 13.3. The maximum atomic E-state index is 13.3. The van der Waals surface area contributed by atoms with Crippen molar-refractivity contribution < 1.29 is 18.0 Å². The minimum atomic E-state index is -3.59. The number of benzene rings is 2. The second kappa shape index (κ2) is 12.4. The van der Waals surface area contributed by atoms with E-state index in [4.69, 9.17) is 11.6 Å². The van der Waals surface area contributed by atoms with E-state index >= 15 is 0 Å². The van der Waals surface area contributed by atoms with Crippen LogP contribution in [0.4, 0.5) is 5.69 Å². The van der Waals surface area contributed by atoms with Gasteiger partial charge < -0.3 is 10.2 Å². The Hall–Kier alpha value is -2.58. The Morgan fingerprint density at radius 1 is 1.03 bits per heavy atom. The van der Waals surface area contributed by atoms with Crippen LogP contribution in [0.1, 0.15) is 50.3 Å². The molecular weight excluding hydrogens is 486 g/mol. The molecule has 0 heterocycles. The number of hydrogen-bond donors (Lipinski definition) is 1. The first-order chi connectivity index (χ1) is 16.3. The van der Waals surface area contributed by atoms with Crippen molar-refractivity contribution in [2.75, 3.05) is 17.1 Å². The van der Waals surface area contributed by atoms with Gasteiger partial charge in [-0.1, -0.05) is 47.5 Å². The van der Waals surface area contributed by atoms with Crippen molar-refractivity contribution in [3.8, 4) is 0 Å². The molecule has 0 aromatic heterocycles. The van der Waals surface area contributed by atoms with Crippen LogP contribution in [0.5, 0.6) is 0 Å². The number of aryl methyl sites for hydroxylation is 2. The van der Waals surface area contributed by atoms with Crippen LogP contribution >= 0.6 is 11.6 Å². The lowest BCUT2D eigenvalue weighted by Crippen LogP contribution is -2.49. The van der Waals surface area contributed by atoms with Crippen LogP contribution in [0.15, 0.2) is 42.5 Å². The van der Waals surface area contributed by atoms with Gasteiger partial charge in [0.1, 0.15) is 6.04 Å². The van der Waals surface area contributed by atoms with E-state index in [1.54, 1.807) is 30.0 Å². The van der Waals surface area contributed by atoms with Gasteiger partial charge >= 0.3 is 0 Å². The molecule has 2 rings (SSSR count). The van der Waals surface area contributed by atoms with E-state index in [1.807, 2.05) is 52.0 Å². The first-order valence-corrected chi connectivity index (χ1v) is 13.9. The Morgan fingerprint density at radius 2 is 1.66 bits per heavy atom. The molecule has 1 unspecified atom stereocenters. The Kier molecular flexibility index (Phi) is 10.2. The SMILES string of the molecule is Cc1ccc(CN(C(=O)CCCN(c2cc(Cl)ccc2C)S(C)(=O)=O)C(C)C(=O)NC(C)C)cc1. The molecular formula is C26H36ClN3O4S. The van der Waals surface area contributed by atoms with E-state index in [9.17, 15) is 18.0 Å². The van der Waals surface area contributed by atoms with E-state index in [0.717, 1.165) is 22.9 Å². The Labute approximate surface area is 214 Å². The van der Waals surface area contributed by atoms with Crippen molar-refractivity contribution in [1.82, 2.24) is 10.2 Å². The molecule has 0 saturated heterocycles. The largest absolute Gasteiger partial charge is 0.352 e. The van der Waals surface area contributed by atoms with Crippen molar-refractivity contribution in [3.05, 3.63) is 64.2 Å². The summed E-state index contributed by atoms with van der Waals surface area (Å²) in [6, 6.07) is 12.2. The fourth-order valence-electron chi connectivity index (χ4n) is 3.71. The van der Waals surface area contributed by atoms with Gasteiger partial charge in [0.15, 0.2) is 0 Å². The second-order valence-electron chi connectivity index (χ2n) is 9.22. The quantitative estimate of drug-likeness (QED) is 0.473. The third-order valence-corrected chi connectivity index (χ3v) is 7.08. The predicted octanol–water partition coefficient (Wildman–Crippen LogP) is 4.44. The highest BCUT2D eigenvalue weighted by Gasteiger charge is 2.27. The molecule has 2 aromatic rings. The van der Waals surface area contributed by atoms with Crippen LogP contribution < -0.4 is 9.62 Å². The molecule has 1 N–H and O–H groups in total. The number of hydrogen-bond acceptors (Lipinski definition) is 4. The number of amides is 2. The minimum absolute atomic E-state index is 0.0504. The first kappa shape index (κ1) is 28.7. The van der Waals surface area contributed by atoms with Crippen LogP contribution in [0.3, 0.4) is 0 Å². The third kappa shape index (κ3) is 8.54. The van der Waals surface area contributed by atoms with Crippen LogP contribution in [0.25, 0.3) is 0 Å². The third-order valence-electron chi connectivity index (χ3n) is 5.66. The predicted molar refractivity (Wildman–Crippen MR) is 142 cm³/mol. The zero-order valence-electron chi connectivity index (χ0n) is 21.3. The molecule has 0 saturated carbocycles. The normalized spacial score (nSPS) is 12.3. The van der Waals surface area contributed by atoms with Crippen molar-refractivity contribution in [3.63, 3.8) is 0 Å². The van der Waals surface area contributed by atoms with E-state index in [-0.39, 0.29) is 37.4 Å². The number of halogens is 1. The van der Waals surface area contributed by atoms with Gasteiger partial charge in [-0.2, -0.15) is 0 Å². The summed E-state index contributed by atoms with van der Waals surface area (Å²) in [6.07, 6.45) is 1.52. The van der Waals surface area contributed by atoms with Gasteiger partial charge in [-0.25, -0.2) is 8.42 Å². The summed E-state index contributed by atoms with van der Waals surface area (Å²) in [4.78, 5) is 27.6. The highest BCUT2D eigenvalue weighted by atomic mass is 35.5. The molecule has 2 aromatic carbocycles. The molecule has 35 heavy (non-hydrogen) atoms. The molecule has 0 aliphatic carbocycles. The number of carbonyl (C=O) groups is 2. The number of nitrogens with one attached hydrogen (secondary N) is 1. The van der Waals surface area contributed by atoms with Crippen LogP contribution in [-0.4, -0.2) is 50.0 Å². The van der Waals surface area contributed by atoms with Gasteiger partial charge in [-0.3, -0.25) is 13.9 Å². The molecule has 9 heteroatoms. The minimum Gasteiger partial charge on any atom is -0.352 e. The lowest BCUT2D eigenvalue weighted by Gasteiger charge is -2.30. The number of carbonyl (C=O) groups excluding carboxylic acids is 2. The van der Waals surface area contributed by atoms with Crippen molar-refractivity contribution in [2.24, 2.45) is 0 Å². The fraction of sp³-hybridized carbons (Fsp3) is 0.462. The van der Waals surface area contributed by atoms with Crippen LogP contribution in [0, 0.1) is 13.8 Å². The summed E-state index contributed by atoms with van der Waals surface area (Å²) in [7, 11) is -3.59. The van der Waals surface area contributed by atoms with Gasteiger partial charge in [0, 0.05) is 30.6 Å². The molecule has 0 aliphatic rings. The second-order valence-corrected chi connectivity index (χ2v) is 11.6. The lowest BCUT2D eigenvalue weighted by atomic mass is 10.1. The molecule has 2 amide bonds. The summed E-state index contributed by atoms with van der Waals surface area (Å²) in [5.41, 5.74) is 3.29. The number of sulfonamides is 1. The summed E-state index contributed by atoms with van der Waals surface area (Å²) >= 11 is 6.10. The highest BCUT2D eigenvalue weighted by molar-refractivity contribution is 7.92. The smallest absolute Gasteiger partial charge is 0.242 e. The average molecular weight is 522 g/mol. The molecule has 192 valence electrons. The Bertz CT molecular complexity index is 1130. The molecule has 0 fully saturated rings. The Balaban J connectivity index is 2.20. The fourth-order valence-corrected chi connectivity index (χ4v) is 4.89. The molecule has 1 atom stereocenters. The van der Waals surface area contributed by atoms with Crippen LogP contribution in [0.2, 0.25) is 5.02 Å². The van der Waals surface area contributed by atoms with Gasteiger partial charge in [-0.15, -0.1) is 0 Å². The van der Waals surface area contributed by atoms with Crippen molar-refractivity contribution in [1.29, 1.82) is 0 Å². The van der Waals surface area contributed by atoms with Gasteiger partial charge in [-0.05, 0) is 64.3 Å². The first-order valence-electron chi connectivity index (χ1n) is 11.7. The van der Waals surface area contributed by atoms with E-state index in [1.165, 1.54) is 4.31 Å². The zero-order valence-corrected chi connectivity index (χ0v) is 22.9. The molecule has 0 radical (unpaired) electrons. The summed E-state index contributed by atoms with van der Waals surface area (Å²) in [5, 5.41) is 3.30. The van der Waals surface area contributed by atoms with Crippen molar-refractivity contribution in [2.45, 2.75) is 66.1 Å². The van der Waals surface area contributed by atoms with Crippen LogP contribution in [-0.2, 0) is 26.2 Å². The number of anilines is 1. The zero-order chi connectivity index (χ0) is 26.3. The van der Waals surface area contributed by atoms with Crippen molar-refractivity contribution >= 4 is 39.1 Å². The molecule has 0 bridgehead atoms. The number of rotatable bonds is 11. The topological polar surface area (TPSA) is 86.8 Å². The summed E-state index contributed by atoms with van der Waals surface area (Å²) in [6.45, 7) is 9.66. The maximum Gasteiger partial charge on any atom is 0.242 e. The van der Waals surface area contributed by atoms with E-state index < -0.39 is 16.1 Å². The van der Waals surface area contributed by atoms with E-state index in [2.05, 4.69) is 5.32 Å². The van der Waals surface area contributed by atoms with E-state index in [0.29, 0.717) is 17.1 Å². The van der Waals surface area contributed by atoms with Gasteiger partial charge in [0.2, 0.25) is 21.8 Å². The monoisotopic (exact) mass is 521 g/mol. The number of nitrogens with zero attached hydrogens (tertiary/aromatic N) is 2. The Morgan fingerprint density at radius 3 is 2.23 bits per heavy atom. The lowest BCUT2D eigenvalue weighted by molar-refractivity contribution is -0.140. The molecule has 0 aliphatic heterocycles.